The number of carbonyl (C=O) groups excluding carboxylic acids is 1. The number of nitrogens with one attached hydrogen (secondary N) is 1. The Morgan fingerprint density at radius 3 is 2.81 bits per heavy atom. The predicted molar refractivity (Wildman–Crippen MR) is 61.1 cm³/mol. The van der Waals surface area contributed by atoms with Gasteiger partial charge in [-0.3, -0.25) is 4.79 Å². The van der Waals surface area contributed by atoms with Crippen molar-refractivity contribution in [2.45, 2.75) is 32.8 Å². The molecule has 0 aliphatic heterocycles. The van der Waals surface area contributed by atoms with Crippen LogP contribution in [0.3, 0.4) is 0 Å². The van der Waals surface area contributed by atoms with Gasteiger partial charge in [-0.2, -0.15) is 0 Å². The minimum atomic E-state index is -0.879. The van der Waals surface area contributed by atoms with Crippen molar-refractivity contribution in [3.63, 3.8) is 0 Å². The van der Waals surface area contributed by atoms with E-state index < -0.39 is 5.60 Å². The highest BCUT2D eigenvalue weighted by Gasteiger charge is 2.23. The van der Waals surface area contributed by atoms with Gasteiger partial charge in [-0.05, 0) is 31.4 Å². The molecule has 0 aliphatic carbocycles. The fraction of sp³-hybridized carbons (Fsp3) is 0.583. The number of aliphatic hydroxyl groups is 1. The Kier molecular flexibility index (Phi) is 4.12. The van der Waals surface area contributed by atoms with E-state index in [4.69, 9.17) is 4.42 Å². The minimum Gasteiger partial charge on any atom is -0.459 e. The highest BCUT2D eigenvalue weighted by molar-refractivity contribution is 5.91. The summed E-state index contributed by atoms with van der Waals surface area (Å²) in [5.74, 6) is 0.352. The average Bonchev–Trinajstić information content (AvgIpc) is 2.64. The van der Waals surface area contributed by atoms with Crippen molar-refractivity contribution in [3.8, 4) is 0 Å². The molecule has 0 aliphatic rings. The molecule has 0 radical (unpaired) electrons. The fourth-order valence-corrected chi connectivity index (χ4v) is 1.72. The topological polar surface area (TPSA) is 62.5 Å². The maximum absolute atomic E-state index is 11.5. The van der Waals surface area contributed by atoms with E-state index in [1.165, 1.54) is 6.26 Å². The van der Waals surface area contributed by atoms with Crippen LogP contribution in [0.5, 0.6) is 0 Å². The summed E-state index contributed by atoms with van der Waals surface area (Å²) in [6.45, 7) is 6.01. The van der Waals surface area contributed by atoms with Gasteiger partial charge in [-0.25, -0.2) is 0 Å². The average molecular weight is 225 g/mol. The third-order valence-corrected chi connectivity index (χ3v) is 2.22. The van der Waals surface area contributed by atoms with E-state index in [1.807, 2.05) is 13.8 Å². The van der Waals surface area contributed by atoms with Crippen molar-refractivity contribution in [1.29, 1.82) is 0 Å². The molecule has 4 heteroatoms. The van der Waals surface area contributed by atoms with Crippen LogP contribution in [-0.4, -0.2) is 23.2 Å². The van der Waals surface area contributed by atoms with Crippen LogP contribution < -0.4 is 5.32 Å². The first-order valence-corrected chi connectivity index (χ1v) is 5.45. The van der Waals surface area contributed by atoms with Crippen LogP contribution in [0.1, 0.15) is 37.7 Å². The summed E-state index contributed by atoms with van der Waals surface area (Å²) >= 11 is 0. The van der Waals surface area contributed by atoms with Crippen LogP contribution in [0.15, 0.2) is 22.8 Å². The third-order valence-electron chi connectivity index (χ3n) is 2.22. The van der Waals surface area contributed by atoms with Crippen LogP contribution in [0.25, 0.3) is 0 Å². The zero-order valence-corrected chi connectivity index (χ0v) is 9.99. The summed E-state index contributed by atoms with van der Waals surface area (Å²) in [4.78, 5) is 11.5. The van der Waals surface area contributed by atoms with Crippen LogP contribution in [0.4, 0.5) is 0 Å². The van der Waals surface area contributed by atoms with Gasteiger partial charge in [0.1, 0.15) is 0 Å². The fourth-order valence-electron chi connectivity index (χ4n) is 1.72. The van der Waals surface area contributed by atoms with Crippen LogP contribution in [0, 0.1) is 5.92 Å². The summed E-state index contributed by atoms with van der Waals surface area (Å²) < 4.78 is 4.95. The Morgan fingerprint density at radius 1 is 1.62 bits per heavy atom. The van der Waals surface area contributed by atoms with Gasteiger partial charge in [0.2, 0.25) is 0 Å². The molecular weight excluding hydrogens is 206 g/mol. The van der Waals surface area contributed by atoms with Crippen LogP contribution >= 0.6 is 0 Å². The smallest absolute Gasteiger partial charge is 0.287 e. The molecule has 2 N–H and O–H groups in total. The summed E-state index contributed by atoms with van der Waals surface area (Å²) in [6.07, 6.45) is 2.09. The van der Waals surface area contributed by atoms with E-state index in [9.17, 15) is 9.90 Å². The molecular formula is C12H19NO3. The SMILES string of the molecule is CC(C)CC(C)(O)CNC(=O)c1ccco1. The highest BCUT2D eigenvalue weighted by Crippen LogP contribution is 2.15. The highest BCUT2D eigenvalue weighted by atomic mass is 16.3. The Hall–Kier alpha value is -1.29. The van der Waals surface area contributed by atoms with Crippen molar-refractivity contribution >= 4 is 5.91 Å². The lowest BCUT2D eigenvalue weighted by molar-refractivity contribution is 0.0364. The first kappa shape index (κ1) is 12.8. The molecule has 1 aromatic rings. The molecule has 1 unspecified atom stereocenters. The Morgan fingerprint density at radius 2 is 2.31 bits per heavy atom. The van der Waals surface area contributed by atoms with Crippen molar-refractivity contribution in [2.75, 3.05) is 6.54 Å². The molecule has 90 valence electrons. The number of furan rings is 1. The second kappa shape index (κ2) is 5.16. The molecule has 1 rings (SSSR count). The zero-order chi connectivity index (χ0) is 12.2. The standard InChI is InChI=1S/C12H19NO3/c1-9(2)7-12(3,15)8-13-11(14)10-5-4-6-16-10/h4-6,9,15H,7-8H2,1-3H3,(H,13,14). The predicted octanol–water partition coefficient (Wildman–Crippen LogP) is 1.81. The molecule has 16 heavy (non-hydrogen) atoms. The van der Waals surface area contributed by atoms with Gasteiger partial charge in [0.25, 0.3) is 5.91 Å². The van der Waals surface area contributed by atoms with Crippen LogP contribution in [0.2, 0.25) is 0 Å². The molecule has 0 fully saturated rings. The second-order valence-corrected chi connectivity index (χ2v) is 4.75. The Bertz CT molecular complexity index is 328. The van der Waals surface area contributed by atoms with E-state index >= 15 is 0 Å². The Balaban J connectivity index is 2.42. The number of hydrogen-bond donors (Lipinski definition) is 2. The molecule has 1 amide bonds. The van der Waals surface area contributed by atoms with Crippen molar-refractivity contribution < 1.29 is 14.3 Å². The van der Waals surface area contributed by atoms with Gasteiger partial charge < -0.3 is 14.8 Å². The van der Waals surface area contributed by atoms with Crippen molar-refractivity contribution in [3.05, 3.63) is 24.2 Å². The molecule has 0 saturated carbocycles. The molecule has 0 spiro atoms. The van der Waals surface area contributed by atoms with Gasteiger partial charge in [0.15, 0.2) is 5.76 Å². The third kappa shape index (κ3) is 4.06. The number of rotatable bonds is 5. The van der Waals surface area contributed by atoms with E-state index in [-0.39, 0.29) is 18.2 Å². The molecule has 1 aromatic heterocycles. The second-order valence-electron chi connectivity index (χ2n) is 4.75. The maximum atomic E-state index is 11.5. The lowest BCUT2D eigenvalue weighted by Crippen LogP contribution is -2.41. The maximum Gasteiger partial charge on any atom is 0.287 e. The lowest BCUT2D eigenvalue weighted by Gasteiger charge is -2.25. The van der Waals surface area contributed by atoms with Gasteiger partial charge in [-0.1, -0.05) is 13.8 Å². The van der Waals surface area contributed by atoms with Crippen molar-refractivity contribution in [2.24, 2.45) is 5.92 Å². The summed E-state index contributed by atoms with van der Waals surface area (Å²) in [5.41, 5.74) is -0.879. The van der Waals surface area contributed by atoms with Gasteiger partial charge in [0.05, 0.1) is 11.9 Å². The largest absolute Gasteiger partial charge is 0.459 e. The van der Waals surface area contributed by atoms with Gasteiger partial charge >= 0.3 is 0 Å². The van der Waals surface area contributed by atoms with Gasteiger partial charge in [0, 0.05) is 6.54 Å². The van der Waals surface area contributed by atoms with E-state index in [0.717, 1.165) is 0 Å². The quantitative estimate of drug-likeness (QED) is 0.803. The number of amides is 1. The van der Waals surface area contributed by atoms with Crippen LogP contribution in [-0.2, 0) is 0 Å². The number of carbonyl (C=O) groups is 1. The lowest BCUT2D eigenvalue weighted by atomic mass is 9.94. The van der Waals surface area contributed by atoms with Crippen molar-refractivity contribution in [1.82, 2.24) is 5.32 Å². The van der Waals surface area contributed by atoms with E-state index in [1.54, 1.807) is 19.1 Å². The summed E-state index contributed by atoms with van der Waals surface area (Å²) in [6, 6.07) is 3.24. The van der Waals surface area contributed by atoms with Gasteiger partial charge in [-0.15, -0.1) is 0 Å². The monoisotopic (exact) mass is 225 g/mol. The summed E-state index contributed by atoms with van der Waals surface area (Å²) in [7, 11) is 0. The van der Waals surface area contributed by atoms with E-state index in [2.05, 4.69) is 5.32 Å². The summed E-state index contributed by atoms with van der Waals surface area (Å²) in [5, 5.41) is 12.6. The normalized spacial score (nSPS) is 14.8. The number of hydrogen-bond acceptors (Lipinski definition) is 3. The molecule has 1 atom stereocenters. The minimum absolute atomic E-state index is 0.227. The zero-order valence-electron chi connectivity index (χ0n) is 9.99. The molecule has 0 bridgehead atoms. The molecule has 4 nitrogen and oxygen atoms in total. The molecule has 0 saturated heterocycles. The van der Waals surface area contributed by atoms with E-state index in [0.29, 0.717) is 12.3 Å². The first-order chi connectivity index (χ1) is 7.41. The first-order valence-electron chi connectivity index (χ1n) is 5.45. The Labute approximate surface area is 95.7 Å². The molecule has 0 aromatic carbocycles. The molecule has 1 heterocycles.